The number of hydrogen-bond donors (Lipinski definition) is 0. The van der Waals surface area contributed by atoms with Crippen LogP contribution in [0.4, 0.5) is 0 Å². The summed E-state index contributed by atoms with van der Waals surface area (Å²) < 4.78 is 5.59. The molecule has 0 N–H and O–H groups in total. The van der Waals surface area contributed by atoms with E-state index in [4.69, 9.17) is 4.74 Å². The molecule has 0 radical (unpaired) electrons. The van der Waals surface area contributed by atoms with Gasteiger partial charge in [0.05, 0.1) is 0 Å². The first-order chi connectivity index (χ1) is 5.37. The number of rotatable bonds is 3. The topological polar surface area (TPSA) is 12.5 Å². The fraction of sp³-hybridized carbons (Fsp3) is 0.600. The van der Waals surface area contributed by atoms with E-state index in [1.807, 2.05) is 0 Å². The molecule has 0 aromatic heterocycles. The Morgan fingerprint density at radius 2 is 2.33 bits per heavy atom. The van der Waals surface area contributed by atoms with E-state index in [1.165, 1.54) is 19.3 Å². The van der Waals surface area contributed by atoms with Gasteiger partial charge in [0.1, 0.15) is 11.7 Å². The van der Waals surface area contributed by atoms with Gasteiger partial charge in [-0.05, 0) is 12.5 Å². The van der Waals surface area contributed by atoms with Gasteiger partial charge in [-0.1, -0.05) is 38.0 Å². The van der Waals surface area contributed by atoms with Crippen molar-refractivity contribution in [3.63, 3.8) is 0 Å². The fourth-order valence-electron chi connectivity index (χ4n) is 1.66. The summed E-state index contributed by atoms with van der Waals surface area (Å²) in [6.07, 6.45) is 12.6. The van der Waals surface area contributed by atoms with Crippen LogP contribution in [0.1, 0.15) is 29.0 Å². The molecule has 0 amide bonds. The first-order valence-electron chi connectivity index (χ1n) is 4.41. The van der Waals surface area contributed by atoms with Crippen LogP contribution in [0.25, 0.3) is 0 Å². The zero-order valence-electron chi connectivity index (χ0n) is 9.62. The Morgan fingerprint density at radius 1 is 1.50 bits per heavy atom. The number of fused-ring (bicyclic) bond motifs is 1. The van der Waals surface area contributed by atoms with E-state index in [2.05, 4.69) is 31.2 Å². The van der Waals surface area contributed by atoms with Gasteiger partial charge in [0.2, 0.25) is 0 Å². The first-order valence-corrected chi connectivity index (χ1v) is 4.41. The zero-order chi connectivity index (χ0) is 7.73. The summed E-state index contributed by atoms with van der Waals surface area (Å²) in [5.41, 5.74) is 0.130. The van der Waals surface area contributed by atoms with Crippen molar-refractivity contribution in [2.75, 3.05) is 0 Å². The van der Waals surface area contributed by atoms with Crippen LogP contribution < -0.4 is 0 Å². The van der Waals surface area contributed by atoms with Crippen LogP contribution >= 0.6 is 0 Å². The SMILES string of the molecule is CCCCC12C=CC=CC1O2.[H-].[H-].[Mg+2]. The van der Waals surface area contributed by atoms with Crippen molar-refractivity contribution in [1.29, 1.82) is 0 Å². The Balaban J connectivity index is 0. The minimum atomic E-state index is 0. The smallest absolute Gasteiger partial charge is 1.00 e. The molecule has 2 rings (SSSR count). The quantitative estimate of drug-likeness (QED) is 0.475. The third-order valence-electron chi connectivity index (χ3n) is 2.47. The third-order valence-corrected chi connectivity index (χ3v) is 2.47. The maximum atomic E-state index is 5.59. The molecule has 1 heterocycles. The minimum absolute atomic E-state index is 0. The molecule has 2 unspecified atom stereocenters. The second-order valence-corrected chi connectivity index (χ2v) is 3.34. The molecule has 1 saturated heterocycles. The van der Waals surface area contributed by atoms with Crippen molar-refractivity contribution in [1.82, 2.24) is 0 Å². The normalized spacial score (nSPS) is 35.6. The van der Waals surface area contributed by atoms with Gasteiger partial charge in [-0.25, -0.2) is 0 Å². The Hall–Kier alpha value is 0.206. The average Bonchev–Trinajstić information content (AvgIpc) is 2.75. The van der Waals surface area contributed by atoms with E-state index in [1.54, 1.807) is 0 Å². The zero-order valence-corrected chi connectivity index (χ0v) is 9.04. The minimum Gasteiger partial charge on any atom is -1.00 e. The summed E-state index contributed by atoms with van der Waals surface area (Å²) in [6, 6.07) is 0. The van der Waals surface area contributed by atoms with Crippen molar-refractivity contribution in [2.24, 2.45) is 0 Å². The molecule has 2 atom stereocenters. The molecule has 2 aliphatic rings. The Morgan fingerprint density at radius 3 is 3.00 bits per heavy atom. The molecule has 0 spiro atoms. The molecule has 0 aromatic rings. The van der Waals surface area contributed by atoms with Crippen molar-refractivity contribution in [3.05, 3.63) is 24.3 Å². The van der Waals surface area contributed by atoms with Gasteiger partial charge in [0.15, 0.2) is 0 Å². The van der Waals surface area contributed by atoms with Gasteiger partial charge in [0.25, 0.3) is 0 Å². The molecule has 12 heavy (non-hydrogen) atoms. The van der Waals surface area contributed by atoms with E-state index < -0.39 is 0 Å². The van der Waals surface area contributed by atoms with Crippen LogP contribution in [0.15, 0.2) is 24.3 Å². The van der Waals surface area contributed by atoms with Crippen molar-refractivity contribution < 1.29 is 7.59 Å². The molecule has 64 valence electrons. The molecule has 1 nitrogen and oxygen atoms in total. The molecule has 2 heteroatoms. The average molecular weight is 177 g/mol. The van der Waals surface area contributed by atoms with Crippen molar-refractivity contribution in [2.45, 2.75) is 37.9 Å². The maximum Gasteiger partial charge on any atom is 2.00 e. The predicted molar refractivity (Wildman–Crippen MR) is 53.4 cm³/mol. The van der Waals surface area contributed by atoms with E-state index in [9.17, 15) is 0 Å². The largest absolute Gasteiger partial charge is 2.00 e. The molecule has 1 aliphatic carbocycles. The maximum absolute atomic E-state index is 5.59. The van der Waals surface area contributed by atoms with E-state index in [0.717, 1.165) is 0 Å². The van der Waals surface area contributed by atoms with Gasteiger partial charge >= 0.3 is 23.1 Å². The predicted octanol–water partition coefficient (Wildman–Crippen LogP) is 2.28. The van der Waals surface area contributed by atoms with Gasteiger partial charge in [-0.2, -0.15) is 0 Å². The molecule has 1 aliphatic heterocycles. The number of hydrogen-bond acceptors (Lipinski definition) is 1. The summed E-state index contributed by atoms with van der Waals surface area (Å²) >= 11 is 0. The summed E-state index contributed by atoms with van der Waals surface area (Å²) in [7, 11) is 0. The molecular formula is C10H16MgO. The van der Waals surface area contributed by atoms with Crippen LogP contribution in [-0.4, -0.2) is 34.8 Å². The summed E-state index contributed by atoms with van der Waals surface area (Å²) in [5, 5.41) is 0. The molecule has 0 aromatic carbocycles. The van der Waals surface area contributed by atoms with Crippen LogP contribution in [0, 0.1) is 0 Å². The van der Waals surface area contributed by atoms with Crippen molar-refractivity contribution >= 4 is 23.1 Å². The van der Waals surface area contributed by atoms with Crippen molar-refractivity contribution in [3.8, 4) is 0 Å². The summed E-state index contributed by atoms with van der Waals surface area (Å²) in [6.45, 7) is 2.22. The van der Waals surface area contributed by atoms with Crippen LogP contribution in [0.3, 0.4) is 0 Å². The van der Waals surface area contributed by atoms with E-state index in [0.29, 0.717) is 6.10 Å². The number of ether oxygens (including phenoxy) is 1. The third kappa shape index (κ3) is 1.75. The fourth-order valence-corrected chi connectivity index (χ4v) is 1.66. The van der Waals surface area contributed by atoms with Gasteiger partial charge in [-0.15, -0.1) is 0 Å². The Bertz CT molecular complexity index is 218. The van der Waals surface area contributed by atoms with Crippen LogP contribution in [0.5, 0.6) is 0 Å². The molecule has 0 saturated carbocycles. The molecule has 1 fully saturated rings. The number of allylic oxidation sites excluding steroid dienone is 2. The second-order valence-electron chi connectivity index (χ2n) is 3.34. The second kappa shape index (κ2) is 3.94. The monoisotopic (exact) mass is 176 g/mol. The number of unbranched alkanes of at least 4 members (excludes halogenated alkanes) is 1. The number of epoxide rings is 1. The molecular weight excluding hydrogens is 160 g/mol. The van der Waals surface area contributed by atoms with Gasteiger partial charge < -0.3 is 7.59 Å². The molecule has 0 bridgehead atoms. The first kappa shape index (κ1) is 10.3. The summed E-state index contributed by atoms with van der Waals surface area (Å²) in [5.74, 6) is 0. The standard InChI is InChI=1S/C10H14O.Mg.2H/c1-2-3-7-10-8-5-4-6-9(10)11-10;;;/h4-6,8-9H,2-3,7H2,1H3;;;/q;+2;2*-1. The van der Waals surface area contributed by atoms with E-state index in [-0.39, 0.29) is 31.5 Å². The van der Waals surface area contributed by atoms with Crippen LogP contribution in [0.2, 0.25) is 0 Å². The van der Waals surface area contributed by atoms with E-state index >= 15 is 0 Å². The Kier molecular flexibility index (Phi) is 3.38. The van der Waals surface area contributed by atoms with Gasteiger partial charge in [-0.3, -0.25) is 0 Å². The van der Waals surface area contributed by atoms with Gasteiger partial charge in [0, 0.05) is 0 Å². The summed E-state index contributed by atoms with van der Waals surface area (Å²) in [4.78, 5) is 0. The van der Waals surface area contributed by atoms with Crippen LogP contribution in [-0.2, 0) is 4.74 Å². The Labute approximate surface area is 93.0 Å².